The first-order valence-electron chi connectivity index (χ1n) is 5.87. The molecule has 2 heterocycles. The number of carbonyl (C=O) groups is 1. The first-order chi connectivity index (χ1) is 7.77. The molecular formula is C12H16N2OS. The van der Waals surface area contributed by atoms with Crippen molar-refractivity contribution in [2.45, 2.75) is 43.8 Å². The smallest absolute Gasteiger partial charge is 0.223 e. The molecule has 3 nitrogen and oxygen atoms in total. The normalized spacial score (nSPS) is 30.8. The Bertz CT molecular complexity index is 386. The molecule has 2 unspecified atom stereocenters. The number of thiophene rings is 1. The number of carbonyl (C=O) groups excluding carboxylic acids is 1. The number of piperidine rings is 1. The van der Waals surface area contributed by atoms with Gasteiger partial charge in [0.25, 0.3) is 0 Å². The van der Waals surface area contributed by atoms with Crippen molar-refractivity contribution in [1.29, 1.82) is 0 Å². The zero-order valence-electron chi connectivity index (χ0n) is 9.13. The Hall–Kier alpha value is -0.870. The Morgan fingerprint density at radius 2 is 2.19 bits per heavy atom. The van der Waals surface area contributed by atoms with Crippen LogP contribution in [0.4, 0.5) is 0 Å². The quantitative estimate of drug-likeness (QED) is 0.852. The molecule has 4 heteroatoms. The van der Waals surface area contributed by atoms with Crippen molar-refractivity contribution in [1.82, 2.24) is 4.90 Å². The average molecular weight is 236 g/mol. The monoisotopic (exact) mass is 236 g/mol. The van der Waals surface area contributed by atoms with Crippen LogP contribution >= 0.6 is 11.3 Å². The second-order valence-corrected chi connectivity index (χ2v) is 5.67. The summed E-state index contributed by atoms with van der Waals surface area (Å²) in [5, 5.41) is 2.06. The number of nitrogens with zero attached hydrogens (tertiary/aromatic N) is 1. The lowest BCUT2D eigenvalue weighted by molar-refractivity contribution is -0.138. The van der Waals surface area contributed by atoms with E-state index in [9.17, 15) is 4.79 Å². The van der Waals surface area contributed by atoms with Gasteiger partial charge in [-0.2, -0.15) is 0 Å². The molecule has 1 saturated heterocycles. The maximum absolute atomic E-state index is 12.0. The first kappa shape index (κ1) is 10.3. The molecule has 0 radical (unpaired) electrons. The van der Waals surface area contributed by atoms with Crippen LogP contribution in [0.1, 0.15) is 36.6 Å². The van der Waals surface area contributed by atoms with Crippen LogP contribution < -0.4 is 5.73 Å². The summed E-state index contributed by atoms with van der Waals surface area (Å²) in [6.45, 7) is 0. The summed E-state index contributed by atoms with van der Waals surface area (Å²) >= 11 is 1.71. The van der Waals surface area contributed by atoms with Crippen LogP contribution in [0.2, 0.25) is 0 Å². The number of nitrogens with two attached hydrogens (primary N) is 1. The molecule has 1 amide bonds. The summed E-state index contributed by atoms with van der Waals surface area (Å²) in [7, 11) is 0. The fraction of sp³-hybridized carbons (Fsp3) is 0.583. The molecule has 16 heavy (non-hydrogen) atoms. The molecular weight excluding hydrogens is 220 g/mol. The standard InChI is InChI=1S/C12H16N2OS/c13-9-5-6-11(15)14(8-3-4-8)12(9)10-2-1-7-16-10/h1-2,7-9,12H,3-6,13H2. The highest BCUT2D eigenvalue weighted by atomic mass is 32.1. The van der Waals surface area contributed by atoms with Gasteiger partial charge in [-0.15, -0.1) is 11.3 Å². The molecule has 0 bridgehead atoms. The molecule has 0 aromatic carbocycles. The molecule has 0 spiro atoms. The minimum absolute atomic E-state index is 0.108. The molecule has 2 fully saturated rings. The Morgan fingerprint density at radius 3 is 2.81 bits per heavy atom. The van der Waals surface area contributed by atoms with Crippen molar-refractivity contribution in [3.8, 4) is 0 Å². The zero-order chi connectivity index (χ0) is 11.1. The highest BCUT2D eigenvalue weighted by Crippen LogP contribution is 2.41. The van der Waals surface area contributed by atoms with E-state index in [1.165, 1.54) is 4.88 Å². The van der Waals surface area contributed by atoms with Gasteiger partial charge in [-0.1, -0.05) is 6.07 Å². The topological polar surface area (TPSA) is 46.3 Å². The Balaban J connectivity index is 1.93. The molecule has 3 rings (SSSR count). The van der Waals surface area contributed by atoms with Crippen LogP contribution in [0.15, 0.2) is 17.5 Å². The van der Waals surface area contributed by atoms with E-state index in [1.54, 1.807) is 11.3 Å². The summed E-state index contributed by atoms with van der Waals surface area (Å²) < 4.78 is 0. The molecule has 1 aromatic rings. The number of hydrogen-bond acceptors (Lipinski definition) is 3. The van der Waals surface area contributed by atoms with Crippen molar-refractivity contribution in [3.63, 3.8) is 0 Å². The second-order valence-electron chi connectivity index (χ2n) is 4.69. The van der Waals surface area contributed by atoms with Gasteiger partial charge in [0, 0.05) is 23.4 Å². The summed E-state index contributed by atoms with van der Waals surface area (Å²) in [5.41, 5.74) is 6.20. The van der Waals surface area contributed by atoms with Crippen molar-refractivity contribution in [2.75, 3.05) is 0 Å². The van der Waals surface area contributed by atoms with Gasteiger partial charge < -0.3 is 10.6 Å². The summed E-state index contributed by atoms with van der Waals surface area (Å²) in [5.74, 6) is 0.294. The molecule has 2 atom stereocenters. The number of amides is 1. The highest BCUT2D eigenvalue weighted by Gasteiger charge is 2.43. The lowest BCUT2D eigenvalue weighted by Gasteiger charge is -2.39. The van der Waals surface area contributed by atoms with Crippen LogP contribution in [0.5, 0.6) is 0 Å². The Kier molecular flexibility index (Phi) is 2.48. The largest absolute Gasteiger partial charge is 0.330 e. The number of likely N-dealkylation sites (tertiary alicyclic amines) is 1. The van der Waals surface area contributed by atoms with Gasteiger partial charge in [-0.25, -0.2) is 0 Å². The van der Waals surface area contributed by atoms with Crippen molar-refractivity contribution in [2.24, 2.45) is 5.73 Å². The van der Waals surface area contributed by atoms with Crippen LogP contribution in [0.3, 0.4) is 0 Å². The summed E-state index contributed by atoms with van der Waals surface area (Å²) in [6.07, 6.45) is 3.75. The summed E-state index contributed by atoms with van der Waals surface area (Å²) in [4.78, 5) is 15.3. The maximum atomic E-state index is 12.0. The minimum atomic E-state index is 0.108. The van der Waals surface area contributed by atoms with Crippen molar-refractivity contribution >= 4 is 17.2 Å². The molecule has 1 aliphatic carbocycles. The number of hydrogen-bond donors (Lipinski definition) is 1. The Morgan fingerprint density at radius 1 is 1.38 bits per heavy atom. The second kappa shape index (κ2) is 3.86. The van der Waals surface area contributed by atoms with Crippen molar-refractivity contribution < 1.29 is 4.79 Å². The fourth-order valence-corrected chi connectivity index (χ4v) is 3.43. The summed E-state index contributed by atoms with van der Waals surface area (Å²) in [6, 6.07) is 4.84. The maximum Gasteiger partial charge on any atom is 0.223 e. The minimum Gasteiger partial charge on any atom is -0.330 e. The lowest BCUT2D eigenvalue weighted by Crippen LogP contribution is -2.49. The predicted molar refractivity (Wildman–Crippen MR) is 64.1 cm³/mol. The van der Waals surface area contributed by atoms with E-state index in [1.807, 2.05) is 6.07 Å². The van der Waals surface area contributed by atoms with E-state index < -0.39 is 0 Å². The van der Waals surface area contributed by atoms with E-state index in [0.29, 0.717) is 18.4 Å². The van der Waals surface area contributed by atoms with Crippen LogP contribution in [-0.4, -0.2) is 22.9 Å². The van der Waals surface area contributed by atoms with Gasteiger partial charge in [0.1, 0.15) is 0 Å². The number of rotatable bonds is 2. The van der Waals surface area contributed by atoms with Gasteiger partial charge in [-0.3, -0.25) is 4.79 Å². The molecule has 1 aromatic heterocycles. The average Bonchev–Trinajstić information content (AvgIpc) is 2.97. The molecule has 2 aliphatic rings. The van der Waals surface area contributed by atoms with E-state index in [-0.39, 0.29) is 12.1 Å². The third-order valence-electron chi connectivity index (χ3n) is 3.46. The van der Waals surface area contributed by atoms with Gasteiger partial charge in [0.2, 0.25) is 5.91 Å². The lowest BCUT2D eigenvalue weighted by atomic mass is 9.95. The van der Waals surface area contributed by atoms with E-state index in [0.717, 1.165) is 19.3 Å². The molecule has 1 saturated carbocycles. The third-order valence-corrected chi connectivity index (χ3v) is 4.40. The third kappa shape index (κ3) is 1.66. The first-order valence-corrected chi connectivity index (χ1v) is 6.75. The molecule has 1 aliphatic heterocycles. The van der Waals surface area contributed by atoms with Gasteiger partial charge >= 0.3 is 0 Å². The molecule has 2 N–H and O–H groups in total. The van der Waals surface area contributed by atoms with E-state index in [2.05, 4.69) is 16.3 Å². The predicted octanol–water partition coefficient (Wildman–Crippen LogP) is 1.90. The van der Waals surface area contributed by atoms with Crippen LogP contribution in [0.25, 0.3) is 0 Å². The van der Waals surface area contributed by atoms with E-state index in [4.69, 9.17) is 5.73 Å². The van der Waals surface area contributed by atoms with Gasteiger partial charge in [-0.05, 0) is 30.7 Å². The van der Waals surface area contributed by atoms with Crippen LogP contribution in [0, 0.1) is 0 Å². The van der Waals surface area contributed by atoms with Gasteiger partial charge in [0.05, 0.1) is 6.04 Å². The molecule has 86 valence electrons. The fourth-order valence-electron chi connectivity index (χ4n) is 2.53. The van der Waals surface area contributed by atoms with Crippen LogP contribution in [-0.2, 0) is 4.79 Å². The van der Waals surface area contributed by atoms with E-state index >= 15 is 0 Å². The highest BCUT2D eigenvalue weighted by molar-refractivity contribution is 7.10. The zero-order valence-corrected chi connectivity index (χ0v) is 9.95. The Labute approximate surface area is 99.2 Å². The van der Waals surface area contributed by atoms with Gasteiger partial charge in [0.15, 0.2) is 0 Å². The SMILES string of the molecule is NC1CCC(=O)N(C2CC2)C1c1cccs1. The van der Waals surface area contributed by atoms with Crippen molar-refractivity contribution in [3.05, 3.63) is 22.4 Å².